The molecule has 76 valence electrons. The van der Waals surface area contributed by atoms with Crippen molar-refractivity contribution >= 4 is 11.8 Å². The molecule has 5 heteroatoms. The molecule has 5 nitrogen and oxygen atoms in total. The van der Waals surface area contributed by atoms with E-state index < -0.39 is 0 Å². The molecule has 0 unspecified atom stereocenters. The van der Waals surface area contributed by atoms with Crippen LogP contribution in [0.5, 0.6) is 0 Å². The third kappa shape index (κ3) is 1.77. The molecule has 14 heavy (non-hydrogen) atoms. The first-order chi connectivity index (χ1) is 6.63. The van der Waals surface area contributed by atoms with E-state index in [2.05, 4.69) is 27.6 Å². The van der Waals surface area contributed by atoms with Crippen molar-refractivity contribution in [2.75, 3.05) is 10.7 Å². The molecular weight excluding hydrogens is 178 g/mol. The molecule has 0 aromatic carbocycles. The molecule has 1 aromatic rings. The lowest BCUT2D eigenvalue weighted by molar-refractivity contribution is 0.816. The second kappa shape index (κ2) is 3.09. The fourth-order valence-corrected chi connectivity index (χ4v) is 1.24. The lowest BCUT2D eigenvalue weighted by atomic mass is 10.3. The number of nitrogens with two attached hydrogens (primary N) is 1. The van der Waals surface area contributed by atoms with Crippen molar-refractivity contribution in [3.8, 4) is 0 Å². The van der Waals surface area contributed by atoms with E-state index in [0.717, 1.165) is 11.4 Å². The Balaban J connectivity index is 2.22. The maximum absolute atomic E-state index is 5.25. The highest BCUT2D eigenvalue weighted by Gasteiger charge is 2.37. The Morgan fingerprint density at radius 2 is 2.21 bits per heavy atom. The first kappa shape index (κ1) is 9.21. The third-order valence-corrected chi connectivity index (χ3v) is 2.52. The lowest BCUT2D eigenvalue weighted by Crippen LogP contribution is -2.19. The van der Waals surface area contributed by atoms with Crippen molar-refractivity contribution in [2.24, 2.45) is 5.84 Å². The number of hydrazine groups is 1. The van der Waals surface area contributed by atoms with E-state index in [1.807, 2.05) is 6.92 Å². The summed E-state index contributed by atoms with van der Waals surface area (Å²) < 4.78 is 0. The zero-order valence-corrected chi connectivity index (χ0v) is 8.46. The lowest BCUT2D eigenvalue weighted by Gasteiger charge is -2.14. The molecule has 1 fully saturated rings. The summed E-state index contributed by atoms with van der Waals surface area (Å²) in [6, 6.07) is 0. The number of hydrogen-bond donors (Lipinski definition) is 3. The van der Waals surface area contributed by atoms with Crippen LogP contribution in [0.4, 0.5) is 11.8 Å². The van der Waals surface area contributed by atoms with Gasteiger partial charge in [-0.25, -0.2) is 10.8 Å². The first-order valence-corrected chi connectivity index (χ1v) is 4.71. The van der Waals surface area contributed by atoms with Crippen LogP contribution < -0.4 is 16.6 Å². The Hall–Kier alpha value is -1.36. The van der Waals surface area contributed by atoms with Crippen molar-refractivity contribution in [3.05, 3.63) is 11.8 Å². The third-order valence-electron chi connectivity index (χ3n) is 2.52. The Kier molecular flexibility index (Phi) is 2.03. The van der Waals surface area contributed by atoms with Crippen LogP contribution in [0.25, 0.3) is 0 Å². The Labute approximate surface area is 83.1 Å². The molecule has 0 aliphatic heterocycles. The van der Waals surface area contributed by atoms with Gasteiger partial charge in [0.2, 0.25) is 5.95 Å². The van der Waals surface area contributed by atoms with Crippen LogP contribution in [0.1, 0.15) is 25.3 Å². The van der Waals surface area contributed by atoms with E-state index in [1.54, 1.807) is 6.20 Å². The summed E-state index contributed by atoms with van der Waals surface area (Å²) in [4.78, 5) is 8.28. The van der Waals surface area contributed by atoms with Crippen LogP contribution in [0.2, 0.25) is 0 Å². The number of nitrogens with zero attached hydrogens (tertiary/aromatic N) is 2. The van der Waals surface area contributed by atoms with Gasteiger partial charge < -0.3 is 5.32 Å². The summed E-state index contributed by atoms with van der Waals surface area (Å²) in [7, 11) is 0. The van der Waals surface area contributed by atoms with Gasteiger partial charge in [-0.15, -0.1) is 0 Å². The van der Waals surface area contributed by atoms with Crippen LogP contribution in [-0.2, 0) is 0 Å². The van der Waals surface area contributed by atoms with E-state index in [0.29, 0.717) is 5.95 Å². The van der Waals surface area contributed by atoms with E-state index in [4.69, 9.17) is 5.84 Å². The largest absolute Gasteiger partial charge is 0.365 e. The summed E-state index contributed by atoms with van der Waals surface area (Å²) in [6.45, 7) is 4.17. The second-order valence-corrected chi connectivity index (χ2v) is 4.06. The maximum atomic E-state index is 5.25. The van der Waals surface area contributed by atoms with Crippen molar-refractivity contribution in [1.29, 1.82) is 0 Å². The summed E-state index contributed by atoms with van der Waals surface area (Å²) in [6.07, 6.45) is 4.15. The molecule has 0 amide bonds. The number of aromatic nitrogens is 2. The molecule has 1 aliphatic rings. The molecule has 1 saturated carbocycles. The van der Waals surface area contributed by atoms with Gasteiger partial charge >= 0.3 is 0 Å². The molecule has 1 aromatic heterocycles. The number of hydrogen-bond acceptors (Lipinski definition) is 5. The van der Waals surface area contributed by atoms with Gasteiger partial charge in [-0.1, -0.05) is 0 Å². The molecule has 4 N–H and O–H groups in total. The first-order valence-electron chi connectivity index (χ1n) is 4.71. The van der Waals surface area contributed by atoms with Gasteiger partial charge in [0.15, 0.2) is 0 Å². The standard InChI is InChI=1S/C9H15N5/c1-6-5-11-8(14-10)12-7(6)13-9(2)3-4-9/h5H,3-4,10H2,1-2H3,(H2,11,12,13,14). The summed E-state index contributed by atoms with van der Waals surface area (Å²) in [5.74, 6) is 6.56. The monoisotopic (exact) mass is 193 g/mol. The Morgan fingerprint density at radius 3 is 2.79 bits per heavy atom. The average molecular weight is 193 g/mol. The van der Waals surface area contributed by atoms with Crippen LogP contribution in [0.3, 0.4) is 0 Å². The number of rotatable bonds is 3. The van der Waals surface area contributed by atoms with E-state index >= 15 is 0 Å². The molecule has 0 radical (unpaired) electrons. The number of nitrogens with one attached hydrogen (secondary N) is 2. The zero-order valence-electron chi connectivity index (χ0n) is 8.46. The predicted octanol–water partition coefficient (Wildman–Crippen LogP) is 1.04. The smallest absolute Gasteiger partial charge is 0.239 e. The minimum Gasteiger partial charge on any atom is -0.365 e. The molecule has 0 atom stereocenters. The van der Waals surface area contributed by atoms with Crippen LogP contribution >= 0.6 is 0 Å². The second-order valence-electron chi connectivity index (χ2n) is 4.06. The quantitative estimate of drug-likeness (QED) is 0.494. The minimum absolute atomic E-state index is 0.227. The van der Waals surface area contributed by atoms with Crippen molar-refractivity contribution in [3.63, 3.8) is 0 Å². The summed E-state index contributed by atoms with van der Waals surface area (Å²) in [5.41, 5.74) is 3.70. The summed E-state index contributed by atoms with van der Waals surface area (Å²) in [5, 5.41) is 3.39. The highest BCUT2D eigenvalue weighted by atomic mass is 15.3. The van der Waals surface area contributed by atoms with Gasteiger partial charge in [-0.3, -0.25) is 5.43 Å². The normalized spacial score (nSPS) is 17.6. The van der Waals surface area contributed by atoms with E-state index in [9.17, 15) is 0 Å². The van der Waals surface area contributed by atoms with Crippen LogP contribution in [0.15, 0.2) is 6.20 Å². The van der Waals surface area contributed by atoms with Crippen LogP contribution in [0, 0.1) is 6.92 Å². The topological polar surface area (TPSA) is 75.9 Å². The maximum Gasteiger partial charge on any atom is 0.239 e. The van der Waals surface area contributed by atoms with Crippen LogP contribution in [-0.4, -0.2) is 15.5 Å². The summed E-state index contributed by atoms with van der Waals surface area (Å²) >= 11 is 0. The zero-order chi connectivity index (χ0) is 10.2. The minimum atomic E-state index is 0.227. The van der Waals surface area contributed by atoms with E-state index in [1.165, 1.54) is 12.8 Å². The molecule has 1 aliphatic carbocycles. The predicted molar refractivity (Wildman–Crippen MR) is 55.8 cm³/mol. The van der Waals surface area contributed by atoms with Crippen molar-refractivity contribution < 1.29 is 0 Å². The highest BCUT2D eigenvalue weighted by Crippen LogP contribution is 2.38. The van der Waals surface area contributed by atoms with E-state index in [-0.39, 0.29) is 5.54 Å². The Morgan fingerprint density at radius 1 is 1.50 bits per heavy atom. The SMILES string of the molecule is Cc1cnc(NN)nc1NC1(C)CC1. The number of aryl methyl sites for hydroxylation is 1. The van der Waals surface area contributed by atoms with Gasteiger partial charge in [-0.2, -0.15) is 4.98 Å². The fourth-order valence-electron chi connectivity index (χ4n) is 1.24. The van der Waals surface area contributed by atoms with Crippen molar-refractivity contribution in [1.82, 2.24) is 9.97 Å². The average Bonchev–Trinajstić information content (AvgIpc) is 2.88. The molecule has 0 spiro atoms. The van der Waals surface area contributed by atoms with Gasteiger partial charge in [0.1, 0.15) is 5.82 Å². The van der Waals surface area contributed by atoms with Crippen molar-refractivity contribution in [2.45, 2.75) is 32.2 Å². The van der Waals surface area contributed by atoms with Gasteiger partial charge in [0.05, 0.1) is 0 Å². The number of anilines is 2. The Bertz CT molecular complexity index is 345. The molecule has 0 bridgehead atoms. The van der Waals surface area contributed by atoms with Gasteiger partial charge in [-0.05, 0) is 26.7 Å². The number of nitrogen functional groups attached to an aromatic ring is 1. The molecule has 2 rings (SSSR count). The van der Waals surface area contributed by atoms with Gasteiger partial charge in [0.25, 0.3) is 0 Å². The van der Waals surface area contributed by atoms with Gasteiger partial charge in [0, 0.05) is 17.3 Å². The fraction of sp³-hybridized carbons (Fsp3) is 0.556. The highest BCUT2D eigenvalue weighted by molar-refractivity contribution is 5.49. The molecule has 0 saturated heterocycles. The molecule has 1 heterocycles. The molecular formula is C9H15N5.